The van der Waals surface area contributed by atoms with Crippen molar-refractivity contribution in [2.45, 2.75) is 39.2 Å². The summed E-state index contributed by atoms with van der Waals surface area (Å²) in [7, 11) is 0. The second-order valence-corrected chi connectivity index (χ2v) is 5.65. The quantitative estimate of drug-likeness (QED) is 0.739. The number of unbranched alkanes of at least 4 members (excludes halogenated alkanes) is 1. The highest BCUT2D eigenvalue weighted by Crippen LogP contribution is 2.25. The largest absolute Gasteiger partial charge is 0.480 e. The summed E-state index contributed by atoms with van der Waals surface area (Å²) in [4.78, 5) is 24.5. The number of carbonyl (C=O) groups is 2. The van der Waals surface area contributed by atoms with Crippen LogP contribution in [-0.2, 0) is 9.59 Å². The molecule has 0 bridgehead atoms. The smallest absolute Gasteiger partial charge is 0.326 e. The van der Waals surface area contributed by atoms with Gasteiger partial charge >= 0.3 is 5.97 Å². The molecule has 1 N–H and O–H groups in total. The zero-order valence-electron chi connectivity index (χ0n) is 10.5. The molecule has 5 heteroatoms. The molecule has 0 radical (unpaired) electrons. The fourth-order valence-electron chi connectivity index (χ4n) is 2.09. The van der Waals surface area contributed by atoms with Gasteiger partial charge in [-0.2, -0.15) is 11.8 Å². The molecular weight excluding hydrogens is 238 g/mol. The topological polar surface area (TPSA) is 57.6 Å². The Hall–Kier alpha value is -0.710. The van der Waals surface area contributed by atoms with E-state index in [1.165, 1.54) is 4.90 Å². The van der Waals surface area contributed by atoms with Crippen LogP contribution in [0.4, 0.5) is 0 Å². The minimum atomic E-state index is -0.873. The summed E-state index contributed by atoms with van der Waals surface area (Å²) in [6.45, 7) is 4.60. The average molecular weight is 259 g/mol. The van der Waals surface area contributed by atoms with Gasteiger partial charge in [-0.3, -0.25) is 4.79 Å². The molecule has 1 rings (SSSR count). The van der Waals surface area contributed by atoms with Gasteiger partial charge in [0.2, 0.25) is 5.91 Å². The third-order valence-electron chi connectivity index (χ3n) is 3.14. The van der Waals surface area contributed by atoms with Gasteiger partial charge in [-0.05, 0) is 24.5 Å². The van der Waals surface area contributed by atoms with Crippen LogP contribution in [-0.4, -0.2) is 46.0 Å². The molecule has 0 aromatic carbocycles. The first-order valence-electron chi connectivity index (χ1n) is 6.18. The van der Waals surface area contributed by atoms with Crippen LogP contribution in [0.1, 0.15) is 33.1 Å². The first kappa shape index (κ1) is 14.4. The van der Waals surface area contributed by atoms with Gasteiger partial charge in [-0.15, -0.1) is 0 Å². The van der Waals surface area contributed by atoms with Crippen LogP contribution in [0.2, 0.25) is 0 Å². The van der Waals surface area contributed by atoms with Crippen molar-refractivity contribution < 1.29 is 14.7 Å². The summed E-state index contributed by atoms with van der Waals surface area (Å²) in [5.41, 5.74) is 0. The number of thioether (sulfide) groups is 1. The van der Waals surface area contributed by atoms with Gasteiger partial charge in [-0.1, -0.05) is 20.3 Å². The Morgan fingerprint density at radius 1 is 1.47 bits per heavy atom. The van der Waals surface area contributed by atoms with E-state index in [1.54, 1.807) is 11.8 Å². The number of rotatable bonds is 6. The molecule has 2 unspecified atom stereocenters. The Bertz CT molecular complexity index is 283. The summed E-state index contributed by atoms with van der Waals surface area (Å²) in [5, 5.41) is 9.11. The zero-order valence-corrected chi connectivity index (χ0v) is 11.3. The van der Waals surface area contributed by atoms with Crippen molar-refractivity contribution >= 4 is 23.6 Å². The van der Waals surface area contributed by atoms with Crippen molar-refractivity contribution in [2.24, 2.45) is 5.92 Å². The molecule has 0 aromatic rings. The van der Waals surface area contributed by atoms with Gasteiger partial charge in [0.15, 0.2) is 0 Å². The van der Waals surface area contributed by atoms with Crippen LogP contribution in [0.15, 0.2) is 0 Å². The maximum atomic E-state index is 11.9. The van der Waals surface area contributed by atoms with Crippen LogP contribution >= 0.6 is 11.8 Å². The van der Waals surface area contributed by atoms with E-state index in [-0.39, 0.29) is 11.8 Å². The molecule has 0 spiro atoms. The molecule has 0 aliphatic carbocycles. The van der Waals surface area contributed by atoms with E-state index in [9.17, 15) is 9.59 Å². The number of likely N-dealkylation sites (tertiary alicyclic amines) is 1. The van der Waals surface area contributed by atoms with Gasteiger partial charge in [0.25, 0.3) is 0 Å². The minimum Gasteiger partial charge on any atom is -0.480 e. The standard InChI is InChI=1S/C12H21NO3S/c1-3-4-7-17-8-10(14)13-6-5-9(2)11(13)12(15)16/h9,11H,3-8H2,1-2H3,(H,15,16). The van der Waals surface area contributed by atoms with Gasteiger partial charge < -0.3 is 10.0 Å². The predicted octanol–water partition coefficient (Wildman–Crippen LogP) is 1.84. The molecule has 4 nitrogen and oxygen atoms in total. The molecule has 1 saturated heterocycles. The van der Waals surface area contributed by atoms with E-state index in [0.29, 0.717) is 12.3 Å². The van der Waals surface area contributed by atoms with Gasteiger partial charge in [-0.25, -0.2) is 4.79 Å². The highest BCUT2D eigenvalue weighted by Gasteiger charge is 2.39. The molecule has 1 aliphatic heterocycles. The van der Waals surface area contributed by atoms with Crippen molar-refractivity contribution in [3.8, 4) is 0 Å². The molecular formula is C12H21NO3S. The molecule has 1 fully saturated rings. The van der Waals surface area contributed by atoms with E-state index < -0.39 is 12.0 Å². The fraction of sp³-hybridized carbons (Fsp3) is 0.833. The van der Waals surface area contributed by atoms with Gasteiger partial charge in [0, 0.05) is 6.54 Å². The molecule has 2 atom stereocenters. The Morgan fingerprint density at radius 3 is 2.76 bits per heavy atom. The van der Waals surface area contributed by atoms with Crippen molar-refractivity contribution in [3.05, 3.63) is 0 Å². The number of aliphatic carboxylic acids is 1. The maximum absolute atomic E-state index is 11.9. The summed E-state index contributed by atoms with van der Waals surface area (Å²) < 4.78 is 0. The first-order chi connectivity index (χ1) is 8.07. The second kappa shape index (κ2) is 6.89. The van der Waals surface area contributed by atoms with Crippen molar-refractivity contribution in [1.82, 2.24) is 4.90 Å². The second-order valence-electron chi connectivity index (χ2n) is 4.54. The molecule has 1 heterocycles. The third kappa shape index (κ3) is 3.91. The maximum Gasteiger partial charge on any atom is 0.326 e. The monoisotopic (exact) mass is 259 g/mol. The number of hydrogen-bond donors (Lipinski definition) is 1. The van der Waals surface area contributed by atoms with Crippen LogP contribution in [0.25, 0.3) is 0 Å². The first-order valence-corrected chi connectivity index (χ1v) is 7.33. The normalized spacial score (nSPS) is 24.0. The lowest BCUT2D eigenvalue weighted by Crippen LogP contribution is -2.43. The summed E-state index contributed by atoms with van der Waals surface area (Å²) in [6.07, 6.45) is 3.03. The van der Waals surface area contributed by atoms with Gasteiger partial charge in [0.1, 0.15) is 6.04 Å². The summed E-state index contributed by atoms with van der Waals surface area (Å²) >= 11 is 1.60. The lowest BCUT2D eigenvalue weighted by atomic mass is 10.0. The summed E-state index contributed by atoms with van der Waals surface area (Å²) in [5.74, 6) is 0.557. The highest BCUT2D eigenvalue weighted by molar-refractivity contribution is 7.99. The lowest BCUT2D eigenvalue weighted by Gasteiger charge is -2.23. The number of nitrogens with zero attached hydrogens (tertiary/aromatic N) is 1. The minimum absolute atomic E-state index is 0.0251. The Balaban J connectivity index is 2.42. The highest BCUT2D eigenvalue weighted by atomic mass is 32.2. The van der Waals surface area contributed by atoms with Crippen LogP contribution in [0.5, 0.6) is 0 Å². The van der Waals surface area contributed by atoms with E-state index in [4.69, 9.17) is 5.11 Å². The molecule has 0 aromatic heterocycles. The molecule has 0 saturated carbocycles. The number of carbonyl (C=O) groups excluding carboxylic acids is 1. The number of carboxylic acid groups (broad SMARTS) is 1. The number of carboxylic acids is 1. The van der Waals surface area contributed by atoms with Crippen LogP contribution in [0, 0.1) is 5.92 Å². The summed E-state index contributed by atoms with van der Waals surface area (Å²) in [6, 6.07) is -0.616. The SMILES string of the molecule is CCCCSCC(=O)N1CCC(C)C1C(=O)O. The van der Waals surface area contributed by atoms with Crippen molar-refractivity contribution in [3.63, 3.8) is 0 Å². The lowest BCUT2D eigenvalue weighted by molar-refractivity contribution is -0.148. The van der Waals surface area contributed by atoms with Crippen molar-refractivity contribution in [2.75, 3.05) is 18.1 Å². The molecule has 98 valence electrons. The average Bonchev–Trinajstić information content (AvgIpc) is 2.66. The van der Waals surface area contributed by atoms with Crippen LogP contribution in [0.3, 0.4) is 0 Å². The number of hydrogen-bond acceptors (Lipinski definition) is 3. The van der Waals surface area contributed by atoms with Crippen molar-refractivity contribution in [1.29, 1.82) is 0 Å². The Labute approximate surface area is 107 Å². The van der Waals surface area contributed by atoms with Crippen LogP contribution < -0.4 is 0 Å². The van der Waals surface area contributed by atoms with E-state index >= 15 is 0 Å². The Morgan fingerprint density at radius 2 is 2.18 bits per heavy atom. The van der Waals surface area contributed by atoms with Gasteiger partial charge in [0.05, 0.1) is 5.75 Å². The molecule has 1 amide bonds. The van der Waals surface area contributed by atoms with E-state index in [1.807, 2.05) is 6.92 Å². The number of amides is 1. The molecule has 17 heavy (non-hydrogen) atoms. The third-order valence-corrected chi connectivity index (χ3v) is 4.17. The fourth-order valence-corrected chi connectivity index (χ4v) is 3.07. The Kier molecular flexibility index (Phi) is 5.82. The predicted molar refractivity (Wildman–Crippen MR) is 69.2 cm³/mol. The van der Waals surface area contributed by atoms with E-state index in [2.05, 4.69) is 6.92 Å². The zero-order chi connectivity index (χ0) is 12.8. The van der Waals surface area contributed by atoms with E-state index in [0.717, 1.165) is 25.0 Å². The molecule has 1 aliphatic rings.